The highest BCUT2D eigenvalue weighted by Gasteiger charge is 2.16. The van der Waals surface area contributed by atoms with Gasteiger partial charge in [-0.05, 0) is 29.2 Å². The minimum Gasteiger partial charge on any atom is -0.497 e. The topological polar surface area (TPSA) is 47.6 Å². The maximum atomic E-state index is 12.4. The predicted octanol–water partition coefficient (Wildman–Crippen LogP) is 3.96. The number of methoxy groups -OCH3 is 1. The van der Waals surface area contributed by atoms with E-state index in [1.807, 2.05) is 54.6 Å². The number of ether oxygens (including phenoxy) is 2. The Balaban J connectivity index is 2.06. The van der Waals surface area contributed by atoms with Gasteiger partial charge in [0.05, 0.1) is 19.8 Å². The van der Waals surface area contributed by atoms with Crippen molar-refractivity contribution in [3.05, 3.63) is 65.7 Å². The Morgan fingerprint density at radius 3 is 2.24 bits per heavy atom. The summed E-state index contributed by atoms with van der Waals surface area (Å²) in [6, 6.07) is 17.5. The summed E-state index contributed by atoms with van der Waals surface area (Å²) in [7, 11) is 1.64. The maximum absolute atomic E-state index is 12.4. The lowest BCUT2D eigenvalue weighted by molar-refractivity contribution is -0.122. The zero-order valence-corrected chi connectivity index (χ0v) is 15.2. The van der Waals surface area contributed by atoms with Crippen molar-refractivity contribution < 1.29 is 14.3 Å². The van der Waals surface area contributed by atoms with E-state index < -0.39 is 0 Å². The van der Waals surface area contributed by atoms with E-state index in [2.05, 4.69) is 19.2 Å². The first-order valence-corrected chi connectivity index (χ1v) is 8.66. The molecule has 4 nitrogen and oxygen atoms in total. The molecule has 0 heterocycles. The zero-order valence-electron chi connectivity index (χ0n) is 15.2. The third-order valence-electron chi connectivity index (χ3n) is 3.81. The Hall–Kier alpha value is -2.33. The van der Waals surface area contributed by atoms with Gasteiger partial charge in [-0.25, -0.2) is 0 Å². The third-order valence-corrected chi connectivity index (χ3v) is 3.81. The van der Waals surface area contributed by atoms with Gasteiger partial charge in [-0.15, -0.1) is 0 Å². The lowest BCUT2D eigenvalue weighted by atomic mass is 9.98. The molecule has 134 valence electrons. The second-order valence-electron chi connectivity index (χ2n) is 6.40. The molecule has 0 bridgehead atoms. The van der Waals surface area contributed by atoms with Crippen LogP contribution in [0.2, 0.25) is 0 Å². The minimum absolute atomic E-state index is 0.0200. The largest absolute Gasteiger partial charge is 0.497 e. The van der Waals surface area contributed by atoms with Crippen molar-refractivity contribution in [1.29, 1.82) is 0 Å². The number of nitrogens with one attached hydrogen (secondary N) is 1. The van der Waals surface area contributed by atoms with E-state index in [1.54, 1.807) is 7.11 Å². The molecule has 0 spiro atoms. The van der Waals surface area contributed by atoms with Crippen LogP contribution >= 0.6 is 0 Å². The van der Waals surface area contributed by atoms with E-state index in [1.165, 1.54) is 0 Å². The van der Waals surface area contributed by atoms with Crippen LogP contribution in [0, 0.1) is 5.92 Å². The van der Waals surface area contributed by atoms with E-state index in [0.717, 1.165) is 16.9 Å². The normalized spacial score (nSPS) is 12.0. The predicted molar refractivity (Wildman–Crippen MR) is 99.7 cm³/mol. The van der Waals surface area contributed by atoms with Crippen LogP contribution in [0.15, 0.2) is 54.6 Å². The number of rotatable bonds is 9. The van der Waals surface area contributed by atoms with Gasteiger partial charge in [-0.2, -0.15) is 0 Å². The number of hydrogen-bond acceptors (Lipinski definition) is 3. The first-order chi connectivity index (χ1) is 12.1. The zero-order chi connectivity index (χ0) is 18.1. The van der Waals surface area contributed by atoms with E-state index in [0.29, 0.717) is 25.6 Å². The number of amides is 1. The number of carbonyl (C=O) groups excluding carboxylic acids is 1. The molecule has 2 aromatic carbocycles. The molecular formula is C21H27NO3. The molecule has 1 atom stereocenters. The average molecular weight is 341 g/mol. The molecule has 0 saturated carbocycles. The molecule has 25 heavy (non-hydrogen) atoms. The first kappa shape index (κ1) is 19.0. The highest BCUT2D eigenvalue weighted by atomic mass is 16.5. The fourth-order valence-corrected chi connectivity index (χ4v) is 2.52. The highest BCUT2D eigenvalue weighted by molar-refractivity contribution is 5.77. The number of carbonyl (C=O) groups is 1. The molecule has 4 heteroatoms. The summed E-state index contributed by atoms with van der Waals surface area (Å²) in [6.07, 6.45) is 0.353. The molecule has 0 aliphatic carbocycles. The molecule has 2 rings (SSSR count). The summed E-state index contributed by atoms with van der Waals surface area (Å²) in [4.78, 5) is 12.4. The van der Waals surface area contributed by atoms with E-state index in [4.69, 9.17) is 9.47 Å². The van der Waals surface area contributed by atoms with Gasteiger partial charge in [-0.3, -0.25) is 4.79 Å². The Bertz CT molecular complexity index is 638. The van der Waals surface area contributed by atoms with Gasteiger partial charge in [-0.1, -0.05) is 56.3 Å². The summed E-state index contributed by atoms with van der Waals surface area (Å²) >= 11 is 0. The van der Waals surface area contributed by atoms with Gasteiger partial charge in [0.25, 0.3) is 0 Å². The van der Waals surface area contributed by atoms with Crippen molar-refractivity contribution in [3.8, 4) is 5.75 Å². The number of hydrogen-bond donors (Lipinski definition) is 1. The van der Waals surface area contributed by atoms with Crippen LogP contribution in [-0.2, 0) is 9.53 Å². The summed E-state index contributed by atoms with van der Waals surface area (Å²) in [5.41, 5.74) is 2.06. The van der Waals surface area contributed by atoms with Crippen molar-refractivity contribution in [1.82, 2.24) is 5.32 Å². The molecule has 0 aliphatic heterocycles. The van der Waals surface area contributed by atoms with Crippen LogP contribution in [0.4, 0.5) is 0 Å². The lowest BCUT2D eigenvalue weighted by Crippen LogP contribution is -2.30. The third kappa shape index (κ3) is 6.24. The quantitative estimate of drug-likeness (QED) is 0.702. The Labute approximate surface area is 150 Å². The van der Waals surface area contributed by atoms with E-state index >= 15 is 0 Å². The van der Waals surface area contributed by atoms with Crippen LogP contribution in [0.5, 0.6) is 5.75 Å². The molecular weight excluding hydrogens is 314 g/mol. The molecule has 1 N–H and O–H groups in total. The van der Waals surface area contributed by atoms with Gasteiger partial charge < -0.3 is 14.8 Å². The molecule has 0 radical (unpaired) electrons. The first-order valence-electron chi connectivity index (χ1n) is 8.66. The van der Waals surface area contributed by atoms with E-state index in [-0.39, 0.29) is 11.9 Å². The second-order valence-corrected chi connectivity index (χ2v) is 6.40. The van der Waals surface area contributed by atoms with Gasteiger partial charge in [0.15, 0.2) is 0 Å². The van der Waals surface area contributed by atoms with Crippen molar-refractivity contribution in [3.63, 3.8) is 0 Å². The van der Waals surface area contributed by atoms with Crippen molar-refractivity contribution in [2.75, 3.05) is 20.3 Å². The molecule has 1 unspecified atom stereocenters. The Kier molecular flexibility index (Phi) is 7.48. The summed E-state index contributed by atoms with van der Waals surface area (Å²) in [5.74, 6) is 1.25. The van der Waals surface area contributed by atoms with Crippen molar-refractivity contribution >= 4 is 5.91 Å². The SMILES string of the molecule is COc1ccc(C(NC(=O)CCOCC(C)C)c2ccccc2)cc1. The van der Waals surface area contributed by atoms with Crippen molar-refractivity contribution in [2.45, 2.75) is 26.3 Å². The maximum Gasteiger partial charge on any atom is 0.223 e. The Morgan fingerprint density at radius 2 is 1.64 bits per heavy atom. The van der Waals surface area contributed by atoms with E-state index in [9.17, 15) is 4.79 Å². The van der Waals surface area contributed by atoms with Crippen LogP contribution < -0.4 is 10.1 Å². The summed E-state index contributed by atoms with van der Waals surface area (Å²) < 4.78 is 10.7. The fourth-order valence-electron chi connectivity index (χ4n) is 2.52. The summed E-state index contributed by atoms with van der Waals surface area (Å²) in [5, 5.41) is 3.12. The van der Waals surface area contributed by atoms with Crippen LogP contribution in [-0.4, -0.2) is 26.2 Å². The molecule has 0 fully saturated rings. The van der Waals surface area contributed by atoms with Gasteiger partial charge in [0.2, 0.25) is 5.91 Å². The lowest BCUT2D eigenvalue weighted by Gasteiger charge is -2.20. The monoisotopic (exact) mass is 341 g/mol. The minimum atomic E-state index is -0.190. The summed E-state index contributed by atoms with van der Waals surface area (Å²) in [6.45, 7) is 5.30. The van der Waals surface area contributed by atoms with Gasteiger partial charge >= 0.3 is 0 Å². The van der Waals surface area contributed by atoms with Crippen LogP contribution in [0.25, 0.3) is 0 Å². The molecule has 1 amide bonds. The molecule has 2 aromatic rings. The standard InChI is InChI=1S/C21H27NO3/c1-16(2)15-25-14-13-20(23)22-21(17-7-5-4-6-8-17)18-9-11-19(24-3)12-10-18/h4-12,16,21H,13-15H2,1-3H3,(H,22,23). The van der Waals surface area contributed by atoms with Crippen LogP contribution in [0.3, 0.4) is 0 Å². The number of benzene rings is 2. The average Bonchev–Trinajstić information content (AvgIpc) is 2.64. The molecule has 0 aliphatic rings. The smallest absolute Gasteiger partial charge is 0.223 e. The highest BCUT2D eigenvalue weighted by Crippen LogP contribution is 2.24. The molecule has 0 aromatic heterocycles. The molecule has 0 saturated heterocycles. The Morgan fingerprint density at radius 1 is 1.00 bits per heavy atom. The fraction of sp³-hybridized carbons (Fsp3) is 0.381. The van der Waals surface area contributed by atoms with Gasteiger partial charge in [0.1, 0.15) is 5.75 Å². The van der Waals surface area contributed by atoms with Gasteiger partial charge in [0, 0.05) is 13.0 Å². The van der Waals surface area contributed by atoms with Crippen molar-refractivity contribution in [2.24, 2.45) is 5.92 Å². The van der Waals surface area contributed by atoms with Crippen LogP contribution in [0.1, 0.15) is 37.4 Å². The second kappa shape index (κ2) is 9.84.